The first kappa shape index (κ1) is 18.3. The van der Waals surface area contributed by atoms with Gasteiger partial charge in [-0.3, -0.25) is 4.79 Å². The summed E-state index contributed by atoms with van der Waals surface area (Å²) in [4.78, 5) is 12.0. The molecular formula is C15H18Cl2N2O3S. The van der Waals surface area contributed by atoms with Gasteiger partial charge < -0.3 is 5.32 Å². The average molecular weight is 377 g/mol. The molecule has 1 aliphatic rings. The van der Waals surface area contributed by atoms with Crippen LogP contribution in [0.15, 0.2) is 24.3 Å². The van der Waals surface area contributed by atoms with Gasteiger partial charge in [-0.05, 0) is 36.6 Å². The fraction of sp³-hybridized carbons (Fsp3) is 0.400. The van der Waals surface area contributed by atoms with E-state index in [1.807, 2.05) is 0 Å². The molecule has 1 fully saturated rings. The summed E-state index contributed by atoms with van der Waals surface area (Å²) in [5, 5.41) is 3.70. The van der Waals surface area contributed by atoms with E-state index in [-0.39, 0.29) is 11.9 Å². The Morgan fingerprint density at radius 3 is 2.74 bits per heavy atom. The van der Waals surface area contributed by atoms with E-state index in [4.69, 9.17) is 23.2 Å². The third-order valence-corrected chi connectivity index (χ3v) is 5.58. The number of carbonyl (C=O) groups is 1. The van der Waals surface area contributed by atoms with Crippen LogP contribution in [0.1, 0.15) is 18.4 Å². The molecule has 0 bridgehead atoms. The van der Waals surface area contributed by atoms with Crippen LogP contribution in [0.5, 0.6) is 0 Å². The zero-order chi connectivity index (χ0) is 17.0. The number of halogens is 2. The second-order valence-electron chi connectivity index (χ2n) is 5.48. The van der Waals surface area contributed by atoms with Crippen molar-refractivity contribution in [1.29, 1.82) is 0 Å². The first-order chi connectivity index (χ1) is 10.8. The third kappa shape index (κ3) is 5.49. The zero-order valence-electron chi connectivity index (χ0n) is 12.6. The van der Waals surface area contributed by atoms with Gasteiger partial charge in [0.2, 0.25) is 15.9 Å². The Kier molecular flexibility index (Phi) is 6.08. The molecule has 1 unspecified atom stereocenters. The van der Waals surface area contributed by atoms with Crippen LogP contribution in [-0.4, -0.2) is 44.0 Å². The number of nitrogens with one attached hydrogen (secondary N) is 1. The Balaban J connectivity index is 1.93. The van der Waals surface area contributed by atoms with Crippen molar-refractivity contribution in [2.45, 2.75) is 18.9 Å². The molecular weight excluding hydrogens is 359 g/mol. The molecule has 5 nitrogen and oxygen atoms in total. The number of piperidine rings is 1. The van der Waals surface area contributed by atoms with E-state index >= 15 is 0 Å². The molecule has 0 radical (unpaired) electrons. The highest BCUT2D eigenvalue weighted by molar-refractivity contribution is 7.88. The molecule has 1 aliphatic heterocycles. The number of amides is 1. The summed E-state index contributed by atoms with van der Waals surface area (Å²) in [6.45, 7) is 0.815. The number of nitrogens with zero attached hydrogens (tertiary/aromatic N) is 1. The second-order valence-corrected chi connectivity index (χ2v) is 8.27. The summed E-state index contributed by atoms with van der Waals surface area (Å²) in [5.41, 5.74) is 0.760. The van der Waals surface area contributed by atoms with Crippen LogP contribution >= 0.6 is 23.2 Å². The monoisotopic (exact) mass is 376 g/mol. The minimum atomic E-state index is -3.22. The molecule has 2 rings (SSSR count). The molecule has 8 heteroatoms. The van der Waals surface area contributed by atoms with Gasteiger partial charge in [0.15, 0.2) is 0 Å². The summed E-state index contributed by atoms with van der Waals surface area (Å²) < 4.78 is 24.5. The smallest absolute Gasteiger partial charge is 0.244 e. The fourth-order valence-electron chi connectivity index (χ4n) is 2.40. The summed E-state index contributed by atoms with van der Waals surface area (Å²) in [7, 11) is -3.22. The van der Waals surface area contributed by atoms with Gasteiger partial charge in [-0.15, -0.1) is 0 Å². The lowest BCUT2D eigenvalue weighted by atomic mass is 10.1. The largest absolute Gasteiger partial charge is 0.348 e. The number of hydrogen-bond donors (Lipinski definition) is 1. The standard InChI is InChI=1S/C15H18Cl2N2O3S/c1-23(21,22)19-8-2-3-12(10-19)18-15(20)7-5-11-4-6-13(16)14(17)9-11/h4-7,9,12H,2-3,8,10H2,1H3,(H,18,20)/b7-5+. The maximum Gasteiger partial charge on any atom is 0.244 e. The molecule has 1 heterocycles. The van der Waals surface area contributed by atoms with Crippen molar-refractivity contribution in [3.05, 3.63) is 39.9 Å². The lowest BCUT2D eigenvalue weighted by Gasteiger charge is -2.31. The number of benzene rings is 1. The first-order valence-electron chi connectivity index (χ1n) is 7.14. The molecule has 126 valence electrons. The van der Waals surface area contributed by atoms with Crippen molar-refractivity contribution < 1.29 is 13.2 Å². The van der Waals surface area contributed by atoms with E-state index in [1.165, 1.54) is 16.6 Å². The van der Waals surface area contributed by atoms with Gasteiger partial charge in [0, 0.05) is 25.2 Å². The van der Waals surface area contributed by atoms with Gasteiger partial charge >= 0.3 is 0 Å². The Morgan fingerprint density at radius 2 is 2.09 bits per heavy atom. The molecule has 1 aromatic carbocycles. The topological polar surface area (TPSA) is 66.5 Å². The van der Waals surface area contributed by atoms with Gasteiger partial charge in [0.05, 0.1) is 16.3 Å². The molecule has 1 saturated heterocycles. The van der Waals surface area contributed by atoms with Crippen LogP contribution in [0, 0.1) is 0 Å². The number of sulfonamides is 1. The second kappa shape index (κ2) is 7.66. The van der Waals surface area contributed by atoms with E-state index < -0.39 is 10.0 Å². The lowest BCUT2D eigenvalue weighted by molar-refractivity contribution is -0.117. The number of hydrogen-bond acceptors (Lipinski definition) is 3. The predicted molar refractivity (Wildman–Crippen MR) is 93.1 cm³/mol. The molecule has 0 saturated carbocycles. The van der Waals surface area contributed by atoms with E-state index in [9.17, 15) is 13.2 Å². The molecule has 1 aromatic rings. The Morgan fingerprint density at radius 1 is 1.35 bits per heavy atom. The van der Waals surface area contributed by atoms with Crippen molar-refractivity contribution in [3.8, 4) is 0 Å². The predicted octanol–water partition coefficient (Wildman–Crippen LogP) is 2.55. The normalized spacial score (nSPS) is 19.9. The van der Waals surface area contributed by atoms with E-state index in [0.29, 0.717) is 23.1 Å². The van der Waals surface area contributed by atoms with E-state index in [0.717, 1.165) is 18.4 Å². The Hall–Kier alpha value is -1.08. The Bertz CT molecular complexity index is 719. The third-order valence-electron chi connectivity index (χ3n) is 3.57. The molecule has 23 heavy (non-hydrogen) atoms. The highest BCUT2D eigenvalue weighted by atomic mass is 35.5. The molecule has 1 amide bonds. The van der Waals surface area contributed by atoms with Crippen LogP contribution in [0.3, 0.4) is 0 Å². The fourth-order valence-corrected chi connectivity index (χ4v) is 3.62. The van der Waals surface area contributed by atoms with E-state index in [1.54, 1.807) is 24.3 Å². The summed E-state index contributed by atoms with van der Waals surface area (Å²) >= 11 is 11.7. The van der Waals surface area contributed by atoms with Gasteiger partial charge in [-0.2, -0.15) is 0 Å². The van der Waals surface area contributed by atoms with E-state index in [2.05, 4.69) is 5.32 Å². The number of rotatable bonds is 4. The van der Waals surface area contributed by atoms with Crippen LogP contribution in [0.4, 0.5) is 0 Å². The molecule has 0 aliphatic carbocycles. The minimum Gasteiger partial charge on any atom is -0.348 e. The minimum absolute atomic E-state index is 0.176. The highest BCUT2D eigenvalue weighted by Crippen LogP contribution is 2.23. The zero-order valence-corrected chi connectivity index (χ0v) is 15.0. The van der Waals surface area contributed by atoms with Gasteiger partial charge in [-0.1, -0.05) is 29.3 Å². The quantitative estimate of drug-likeness (QED) is 0.821. The van der Waals surface area contributed by atoms with Gasteiger partial charge in [0.25, 0.3) is 0 Å². The van der Waals surface area contributed by atoms with Crippen LogP contribution in [0.2, 0.25) is 10.0 Å². The van der Waals surface area contributed by atoms with Crippen LogP contribution < -0.4 is 5.32 Å². The van der Waals surface area contributed by atoms with Crippen molar-refractivity contribution in [3.63, 3.8) is 0 Å². The summed E-state index contributed by atoms with van der Waals surface area (Å²) in [6, 6.07) is 4.90. The van der Waals surface area contributed by atoms with Crippen molar-refractivity contribution in [1.82, 2.24) is 9.62 Å². The van der Waals surface area contributed by atoms with Crippen molar-refractivity contribution in [2.24, 2.45) is 0 Å². The molecule has 1 N–H and O–H groups in total. The highest BCUT2D eigenvalue weighted by Gasteiger charge is 2.26. The SMILES string of the molecule is CS(=O)(=O)N1CCCC(NC(=O)/C=C/c2ccc(Cl)c(Cl)c2)C1. The van der Waals surface area contributed by atoms with Crippen LogP contribution in [0.25, 0.3) is 6.08 Å². The average Bonchev–Trinajstić information content (AvgIpc) is 2.48. The maximum absolute atomic E-state index is 12.0. The Labute approximate surface area is 146 Å². The maximum atomic E-state index is 12.0. The van der Waals surface area contributed by atoms with Gasteiger partial charge in [0.1, 0.15) is 0 Å². The summed E-state index contributed by atoms with van der Waals surface area (Å²) in [5.74, 6) is -0.267. The van der Waals surface area contributed by atoms with Crippen LogP contribution in [-0.2, 0) is 14.8 Å². The molecule has 0 aromatic heterocycles. The van der Waals surface area contributed by atoms with Crippen molar-refractivity contribution >= 4 is 45.2 Å². The molecule has 0 spiro atoms. The van der Waals surface area contributed by atoms with Crippen molar-refractivity contribution in [2.75, 3.05) is 19.3 Å². The molecule has 1 atom stereocenters. The van der Waals surface area contributed by atoms with Gasteiger partial charge in [-0.25, -0.2) is 12.7 Å². The summed E-state index contributed by atoms with van der Waals surface area (Å²) in [6.07, 6.45) is 5.71. The number of carbonyl (C=O) groups excluding carboxylic acids is 1. The first-order valence-corrected chi connectivity index (χ1v) is 9.75. The lowest BCUT2D eigenvalue weighted by Crippen LogP contribution is -2.48.